The minimum absolute atomic E-state index is 0.250. The molecular formula is C11H11F4NOS. The molecule has 0 aliphatic heterocycles. The average molecular weight is 281 g/mol. The minimum atomic E-state index is -4.61. The molecule has 18 heavy (non-hydrogen) atoms. The van der Waals surface area contributed by atoms with Crippen LogP contribution in [0.25, 0.3) is 0 Å². The first-order valence-electron chi connectivity index (χ1n) is 4.97. The van der Waals surface area contributed by atoms with E-state index in [-0.39, 0.29) is 11.3 Å². The second kappa shape index (κ2) is 5.51. The van der Waals surface area contributed by atoms with Gasteiger partial charge in [-0.15, -0.1) is 0 Å². The zero-order valence-corrected chi connectivity index (χ0v) is 10.2. The maximum atomic E-state index is 13.5. The quantitative estimate of drug-likeness (QED) is 0.680. The summed E-state index contributed by atoms with van der Waals surface area (Å²) < 4.78 is 55.8. The standard InChI is InChI=1S/C11H11F4NOS/c1-6-3-2-4-8(9(6)12)17-5-7(10(16)18)11(13,14)15/h2-4,7H,5H2,1H3,(H2,16,18). The van der Waals surface area contributed by atoms with Crippen LogP contribution in [0.2, 0.25) is 0 Å². The van der Waals surface area contributed by atoms with Gasteiger partial charge in [-0.3, -0.25) is 0 Å². The molecule has 0 bridgehead atoms. The number of rotatable bonds is 4. The van der Waals surface area contributed by atoms with Crippen molar-refractivity contribution < 1.29 is 22.3 Å². The van der Waals surface area contributed by atoms with E-state index in [0.717, 1.165) is 0 Å². The van der Waals surface area contributed by atoms with Gasteiger partial charge in [-0.1, -0.05) is 24.4 Å². The van der Waals surface area contributed by atoms with Gasteiger partial charge >= 0.3 is 6.18 Å². The fourth-order valence-electron chi connectivity index (χ4n) is 1.24. The first kappa shape index (κ1) is 14.7. The summed E-state index contributed by atoms with van der Waals surface area (Å²) in [6.07, 6.45) is -4.61. The first-order valence-corrected chi connectivity index (χ1v) is 5.38. The van der Waals surface area contributed by atoms with E-state index in [4.69, 9.17) is 10.5 Å². The fraction of sp³-hybridized carbons (Fsp3) is 0.364. The van der Waals surface area contributed by atoms with Gasteiger partial charge in [-0.25, -0.2) is 4.39 Å². The minimum Gasteiger partial charge on any atom is -0.489 e. The van der Waals surface area contributed by atoms with E-state index in [1.807, 2.05) is 0 Å². The molecule has 0 saturated heterocycles. The summed E-state index contributed by atoms with van der Waals surface area (Å²) in [6.45, 7) is 0.649. The van der Waals surface area contributed by atoms with Crippen LogP contribution in [0, 0.1) is 18.7 Å². The number of hydrogen-bond donors (Lipinski definition) is 1. The number of ether oxygens (including phenoxy) is 1. The molecule has 0 aliphatic carbocycles. The Morgan fingerprint density at radius 1 is 1.44 bits per heavy atom. The van der Waals surface area contributed by atoms with E-state index in [0.29, 0.717) is 0 Å². The Kier molecular flexibility index (Phi) is 4.50. The van der Waals surface area contributed by atoms with Crippen LogP contribution < -0.4 is 10.5 Å². The van der Waals surface area contributed by atoms with E-state index < -0.39 is 29.5 Å². The summed E-state index contributed by atoms with van der Waals surface area (Å²) in [5, 5.41) is 0. The Morgan fingerprint density at radius 2 is 2.06 bits per heavy atom. The average Bonchev–Trinajstić information content (AvgIpc) is 2.22. The van der Waals surface area contributed by atoms with Crippen molar-refractivity contribution in [3.05, 3.63) is 29.6 Å². The van der Waals surface area contributed by atoms with Crippen LogP contribution in [0.15, 0.2) is 18.2 Å². The zero-order chi connectivity index (χ0) is 13.9. The Bertz CT molecular complexity index is 447. The number of benzene rings is 1. The number of alkyl halides is 3. The van der Waals surface area contributed by atoms with E-state index >= 15 is 0 Å². The van der Waals surface area contributed by atoms with E-state index in [1.165, 1.54) is 25.1 Å². The zero-order valence-electron chi connectivity index (χ0n) is 9.42. The molecule has 0 aliphatic rings. The second-order valence-corrected chi connectivity index (χ2v) is 4.17. The maximum Gasteiger partial charge on any atom is 0.401 e. The van der Waals surface area contributed by atoms with Crippen LogP contribution in [-0.2, 0) is 0 Å². The number of thiocarbonyl (C=S) groups is 1. The molecular weight excluding hydrogens is 270 g/mol. The van der Waals surface area contributed by atoms with Gasteiger partial charge in [0.15, 0.2) is 11.6 Å². The van der Waals surface area contributed by atoms with E-state index in [9.17, 15) is 17.6 Å². The number of hydrogen-bond acceptors (Lipinski definition) is 2. The van der Waals surface area contributed by atoms with Crippen LogP contribution in [0.4, 0.5) is 17.6 Å². The van der Waals surface area contributed by atoms with Gasteiger partial charge < -0.3 is 10.5 Å². The highest BCUT2D eigenvalue weighted by Crippen LogP contribution is 2.28. The molecule has 0 amide bonds. The van der Waals surface area contributed by atoms with Crippen molar-refractivity contribution in [2.24, 2.45) is 11.7 Å². The van der Waals surface area contributed by atoms with Crippen LogP contribution >= 0.6 is 12.2 Å². The Hall–Kier alpha value is -1.37. The lowest BCUT2D eigenvalue weighted by molar-refractivity contribution is -0.161. The Balaban J connectivity index is 2.80. The molecule has 1 atom stereocenters. The first-order chi connectivity index (χ1) is 8.23. The van der Waals surface area contributed by atoms with Crippen LogP contribution in [0.3, 0.4) is 0 Å². The van der Waals surface area contributed by atoms with Crippen molar-refractivity contribution in [3.63, 3.8) is 0 Å². The Morgan fingerprint density at radius 3 is 2.56 bits per heavy atom. The molecule has 1 aromatic carbocycles. The molecule has 0 saturated carbocycles. The highest BCUT2D eigenvalue weighted by Gasteiger charge is 2.42. The van der Waals surface area contributed by atoms with E-state index in [2.05, 4.69) is 12.2 Å². The topological polar surface area (TPSA) is 35.2 Å². The molecule has 2 N–H and O–H groups in total. The van der Waals surface area contributed by atoms with Gasteiger partial charge in [0.1, 0.15) is 12.5 Å². The predicted molar refractivity (Wildman–Crippen MR) is 63.0 cm³/mol. The lowest BCUT2D eigenvalue weighted by atomic mass is 10.1. The predicted octanol–water partition coefficient (Wildman–Crippen LogP) is 2.98. The van der Waals surface area contributed by atoms with Crippen molar-refractivity contribution in [2.45, 2.75) is 13.1 Å². The summed E-state index contributed by atoms with van der Waals surface area (Å²) in [4.78, 5) is -0.726. The molecule has 1 unspecified atom stereocenters. The summed E-state index contributed by atoms with van der Waals surface area (Å²) >= 11 is 4.32. The molecule has 0 aromatic heterocycles. The third kappa shape index (κ3) is 3.56. The molecule has 2 nitrogen and oxygen atoms in total. The summed E-state index contributed by atoms with van der Waals surface area (Å²) in [6, 6.07) is 4.21. The maximum absolute atomic E-state index is 13.5. The molecule has 1 rings (SSSR count). The van der Waals surface area contributed by atoms with Gasteiger partial charge in [-0.2, -0.15) is 13.2 Å². The molecule has 1 aromatic rings. The molecule has 0 fully saturated rings. The number of halogens is 4. The molecule has 0 heterocycles. The molecule has 100 valence electrons. The molecule has 0 radical (unpaired) electrons. The molecule has 7 heteroatoms. The second-order valence-electron chi connectivity index (χ2n) is 3.69. The summed E-state index contributed by atoms with van der Waals surface area (Å²) in [5.74, 6) is -3.03. The van der Waals surface area contributed by atoms with Crippen molar-refractivity contribution in [3.8, 4) is 5.75 Å². The van der Waals surface area contributed by atoms with Crippen molar-refractivity contribution in [2.75, 3.05) is 6.61 Å². The van der Waals surface area contributed by atoms with Gasteiger partial charge in [-0.05, 0) is 18.6 Å². The lowest BCUT2D eigenvalue weighted by Crippen LogP contribution is -2.38. The normalized spacial score (nSPS) is 13.2. The van der Waals surface area contributed by atoms with E-state index in [1.54, 1.807) is 0 Å². The van der Waals surface area contributed by atoms with Gasteiger partial charge in [0, 0.05) is 0 Å². The van der Waals surface area contributed by atoms with Crippen molar-refractivity contribution in [1.82, 2.24) is 0 Å². The van der Waals surface area contributed by atoms with Crippen LogP contribution in [0.5, 0.6) is 5.75 Å². The van der Waals surface area contributed by atoms with Crippen molar-refractivity contribution >= 4 is 17.2 Å². The molecule has 0 spiro atoms. The van der Waals surface area contributed by atoms with Gasteiger partial charge in [0.25, 0.3) is 0 Å². The highest BCUT2D eigenvalue weighted by atomic mass is 32.1. The van der Waals surface area contributed by atoms with Crippen LogP contribution in [-0.4, -0.2) is 17.8 Å². The van der Waals surface area contributed by atoms with Crippen molar-refractivity contribution in [1.29, 1.82) is 0 Å². The monoisotopic (exact) mass is 281 g/mol. The number of aryl methyl sites for hydroxylation is 1. The lowest BCUT2D eigenvalue weighted by Gasteiger charge is -2.19. The largest absolute Gasteiger partial charge is 0.489 e. The number of nitrogens with two attached hydrogens (primary N) is 1. The Labute approximate surface area is 107 Å². The smallest absolute Gasteiger partial charge is 0.401 e. The van der Waals surface area contributed by atoms with Gasteiger partial charge in [0.2, 0.25) is 0 Å². The van der Waals surface area contributed by atoms with Gasteiger partial charge in [0.05, 0.1) is 4.99 Å². The summed E-state index contributed by atoms with van der Waals surface area (Å²) in [7, 11) is 0. The SMILES string of the molecule is Cc1cccc(OCC(C(N)=S)C(F)(F)F)c1F. The van der Waals surface area contributed by atoms with Crippen LogP contribution in [0.1, 0.15) is 5.56 Å². The summed E-state index contributed by atoms with van der Waals surface area (Å²) in [5.41, 5.74) is 5.28. The fourth-order valence-corrected chi connectivity index (χ4v) is 1.44. The highest BCUT2D eigenvalue weighted by molar-refractivity contribution is 7.80. The third-order valence-corrected chi connectivity index (χ3v) is 2.58. The third-order valence-electron chi connectivity index (χ3n) is 2.30.